The molecule has 1 unspecified atom stereocenters. The normalized spacial score (nSPS) is 12.6. The molecule has 1 rings (SSSR count). The number of rotatable bonds is 9. The van der Waals surface area contributed by atoms with Gasteiger partial charge in [0, 0.05) is 26.2 Å². The molecule has 0 aliphatic rings. The minimum Gasteiger partial charge on any atom is -0.387 e. The maximum absolute atomic E-state index is 10.4. The Morgan fingerprint density at radius 1 is 1.24 bits per heavy atom. The fourth-order valence-corrected chi connectivity index (χ4v) is 2.54. The van der Waals surface area contributed by atoms with E-state index in [2.05, 4.69) is 24.8 Å². The monoisotopic (exact) mass is 290 g/mol. The molecule has 0 aliphatic heterocycles. The molecule has 0 saturated heterocycles. The van der Waals surface area contributed by atoms with E-state index in [9.17, 15) is 5.11 Å². The Kier molecular flexibility index (Phi) is 7.99. The Hall–Kier alpha value is -1.41. The third-order valence-corrected chi connectivity index (χ3v) is 3.87. The minimum absolute atomic E-state index is 0.452. The Balaban J connectivity index is 2.73. The van der Waals surface area contributed by atoms with E-state index in [1.165, 1.54) is 0 Å². The number of methoxy groups -OCH3 is 1. The van der Waals surface area contributed by atoms with Crippen molar-refractivity contribution in [1.82, 2.24) is 4.90 Å². The molecule has 1 aromatic rings. The molecule has 0 heterocycles. The van der Waals surface area contributed by atoms with Crippen LogP contribution in [-0.4, -0.2) is 42.9 Å². The van der Waals surface area contributed by atoms with Gasteiger partial charge in [-0.05, 0) is 30.5 Å². The Bertz CT molecular complexity index is 435. The van der Waals surface area contributed by atoms with Crippen LogP contribution in [0.15, 0.2) is 24.3 Å². The number of hydrogen-bond acceptors (Lipinski definition) is 4. The fourth-order valence-electron chi connectivity index (χ4n) is 2.54. The maximum Gasteiger partial charge on any atom is 0.0991 e. The molecule has 0 fully saturated rings. The van der Waals surface area contributed by atoms with E-state index in [4.69, 9.17) is 10.00 Å². The molecule has 0 aliphatic carbocycles. The molecule has 1 aromatic carbocycles. The second-order valence-corrected chi connectivity index (χ2v) is 5.21. The first-order chi connectivity index (χ1) is 10.2. The van der Waals surface area contributed by atoms with Crippen molar-refractivity contribution in [3.63, 3.8) is 0 Å². The highest BCUT2D eigenvalue weighted by atomic mass is 16.5. The van der Waals surface area contributed by atoms with E-state index >= 15 is 0 Å². The summed E-state index contributed by atoms with van der Waals surface area (Å²) >= 11 is 0. The van der Waals surface area contributed by atoms with Crippen molar-refractivity contribution < 1.29 is 9.84 Å². The molecule has 4 nitrogen and oxygen atoms in total. The van der Waals surface area contributed by atoms with Gasteiger partial charge in [-0.25, -0.2) is 0 Å². The zero-order valence-electron chi connectivity index (χ0n) is 13.2. The van der Waals surface area contributed by atoms with Crippen LogP contribution in [0.4, 0.5) is 0 Å². The summed E-state index contributed by atoms with van der Waals surface area (Å²) in [6.45, 7) is 6.40. The summed E-state index contributed by atoms with van der Waals surface area (Å²) in [6.07, 6.45) is 1.57. The third kappa shape index (κ3) is 5.47. The van der Waals surface area contributed by atoms with Crippen LogP contribution in [0.3, 0.4) is 0 Å². The van der Waals surface area contributed by atoms with Gasteiger partial charge < -0.3 is 9.84 Å². The standard InChI is InChI=1S/C17H26N2O2/c1-4-16(5-2)19(10-11-21-3)13-17(20)15-8-6-14(12-18)7-9-15/h6-9,16-17,20H,4-5,10-11,13H2,1-3H3. The number of nitrogens with zero attached hydrogens (tertiary/aromatic N) is 2. The summed E-state index contributed by atoms with van der Waals surface area (Å²) in [7, 11) is 1.70. The van der Waals surface area contributed by atoms with E-state index in [1.807, 2.05) is 12.1 Å². The summed E-state index contributed by atoms with van der Waals surface area (Å²) in [4.78, 5) is 2.28. The lowest BCUT2D eigenvalue weighted by Crippen LogP contribution is -2.39. The van der Waals surface area contributed by atoms with Crippen LogP contribution in [-0.2, 0) is 4.74 Å². The zero-order chi connectivity index (χ0) is 15.7. The van der Waals surface area contributed by atoms with Gasteiger partial charge in [0.15, 0.2) is 0 Å². The lowest BCUT2D eigenvalue weighted by Gasteiger charge is -2.32. The van der Waals surface area contributed by atoms with Gasteiger partial charge in [-0.1, -0.05) is 26.0 Å². The molecule has 0 radical (unpaired) electrons. The van der Waals surface area contributed by atoms with Crippen molar-refractivity contribution in [2.24, 2.45) is 0 Å². The third-order valence-electron chi connectivity index (χ3n) is 3.87. The Morgan fingerprint density at radius 3 is 2.33 bits per heavy atom. The van der Waals surface area contributed by atoms with Gasteiger partial charge >= 0.3 is 0 Å². The van der Waals surface area contributed by atoms with Crippen LogP contribution < -0.4 is 0 Å². The van der Waals surface area contributed by atoms with E-state index < -0.39 is 6.10 Å². The van der Waals surface area contributed by atoms with Crippen LogP contribution in [0.25, 0.3) is 0 Å². The van der Waals surface area contributed by atoms with Crippen LogP contribution in [0, 0.1) is 11.3 Å². The second kappa shape index (κ2) is 9.51. The Labute approximate surface area is 128 Å². The highest BCUT2D eigenvalue weighted by Crippen LogP contribution is 2.18. The van der Waals surface area contributed by atoms with Gasteiger partial charge in [-0.15, -0.1) is 0 Å². The van der Waals surface area contributed by atoms with E-state index in [1.54, 1.807) is 19.2 Å². The summed E-state index contributed by atoms with van der Waals surface area (Å²) in [5.41, 5.74) is 1.46. The van der Waals surface area contributed by atoms with Crippen molar-refractivity contribution in [1.29, 1.82) is 5.26 Å². The average Bonchev–Trinajstić information content (AvgIpc) is 2.53. The smallest absolute Gasteiger partial charge is 0.0991 e. The number of benzene rings is 1. The molecule has 0 bridgehead atoms. The van der Waals surface area contributed by atoms with Crippen molar-refractivity contribution in [3.8, 4) is 6.07 Å². The van der Waals surface area contributed by atoms with Crippen molar-refractivity contribution in [2.45, 2.75) is 38.8 Å². The zero-order valence-corrected chi connectivity index (χ0v) is 13.2. The van der Waals surface area contributed by atoms with Gasteiger partial charge in [0.25, 0.3) is 0 Å². The summed E-state index contributed by atoms with van der Waals surface area (Å²) in [5, 5.41) is 19.2. The average molecular weight is 290 g/mol. The van der Waals surface area contributed by atoms with Gasteiger partial charge in [0.2, 0.25) is 0 Å². The molecular formula is C17H26N2O2. The molecule has 0 aromatic heterocycles. The topological polar surface area (TPSA) is 56.5 Å². The molecule has 116 valence electrons. The molecule has 0 saturated carbocycles. The first-order valence-electron chi connectivity index (χ1n) is 7.57. The lowest BCUT2D eigenvalue weighted by molar-refractivity contribution is 0.0608. The summed E-state index contributed by atoms with van der Waals surface area (Å²) < 4.78 is 5.17. The second-order valence-electron chi connectivity index (χ2n) is 5.21. The van der Waals surface area contributed by atoms with Crippen molar-refractivity contribution >= 4 is 0 Å². The number of aliphatic hydroxyl groups excluding tert-OH is 1. The first kappa shape index (κ1) is 17.6. The van der Waals surface area contributed by atoms with Crippen molar-refractivity contribution in [2.75, 3.05) is 26.8 Å². The molecule has 4 heteroatoms. The molecule has 1 atom stereocenters. The van der Waals surface area contributed by atoms with E-state index in [0.29, 0.717) is 24.8 Å². The predicted molar refractivity (Wildman–Crippen MR) is 83.9 cm³/mol. The van der Waals surface area contributed by atoms with Gasteiger partial charge in [-0.2, -0.15) is 5.26 Å². The lowest BCUT2D eigenvalue weighted by atomic mass is 10.0. The predicted octanol–water partition coefficient (Wildman–Crippen LogP) is 2.73. The Morgan fingerprint density at radius 2 is 1.86 bits per heavy atom. The first-order valence-corrected chi connectivity index (χ1v) is 7.57. The van der Waals surface area contributed by atoms with Crippen LogP contribution in [0.2, 0.25) is 0 Å². The SMILES string of the molecule is CCC(CC)N(CCOC)CC(O)c1ccc(C#N)cc1. The van der Waals surface area contributed by atoms with Gasteiger partial charge in [0.1, 0.15) is 0 Å². The number of ether oxygens (including phenoxy) is 1. The van der Waals surface area contributed by atoms with Crippen molar-refractivity contribution in [3.05, 3.63) is 35.4 Å². The largest absolute Gasteiger partial charge is 0.387 e. The number of hydrogen-bond donors (Lipinski definition) is 1. The highest BCUT2D eigenvalue weighted by molar-refractivity contribution is 5.32. The summed E-state index contributed by atoms with van der Waals surface area (Å²) in [6, 6.07) is 9.68. The molecule has 21 heavy (non-hydrogen) atoms. The van der Waals surface area contributed by atoms with E-state index in [-0.39, 0.29) is 0 Å². The van der Waals surface area contributed by atoms with Crippen LogP contribution in [0.1, 0.15) is 43.9 Å². The number of aliphatic hydroxyl groups is 1. The molecule has 0 spiro atoms. The number of nitriles is 1. The summed E-state index contributed by atoms with van der Waals surface area (Å²) in [5.74, 6) is 0. The van der Waals surface area contributed by atoms with Gasteiger partial charge in [0.05, 0.1) is 24.3 Å². The van der Waals surface area contributed by atoms with E-state index in [0.717, 1.165) is 24.9 Å². The van der Waals surface area contributed by atoms with Gasteiger partial charge in [-0.3, -0.25) is 4.90 Å². The van der Waals surface area contributed by atoms with Crippen LogP contribution >= 0.6 is 0 Å². The fraction of sp³-hybridized carbons (Fsp3) is 0.588. The molecular weight excluding hydrogens is 264 g/mol. The quantitative estimate of drug-likeness (QED) is 0.760. The molecule has 0 amide bonds. The highest BCUT2D eigenvalue weighted by Gasteiger charge is 2.19. The maximum atomic E-state index is 10.4. The minimum atomic E-state index is -0.546. The molecule has 1 N–H and O–H groups in total. The van der Waals surface area contributed by atoms with Crippen LogP contribution in [0.5, 0.6) is 0 Å².